The van der Waals surface area contributed by atoms with Gasteiger partial charge in [0.25, 0.3) is 0 Å². The lowest BCUT2D eigenvalue weighted by Gasteiger charge is -2.08. The van der Waals surface area contributed by atoms with Crippen LogP contribution < -0.4 is 0 Å². The molecule has 164 valence electrons. The van der Waals surface area contributed by atoms with Gasteiger partial charge in [-0.05, 0) is 29.3 Å². The van der Waals surface area contributed by atoms with Crippen molar-refractivity contribution in [1.82, 2.24) is 19.9 Å². The Morgan fingerprint density at radius 1 is 0.781 bits per heavy atom. The Kier molecular flexibility index (Phi) is 6.33. The van der Waals surface area contributed by atoms with E-state index < -0.39 is 25.6 Å². The number of carboxylic acids is 1. The van der Waals surface area contributed by atoms with Gasteiger partial charge in [-0.3, -0.25) is 4.79 Å². The lowest BCUT2D eigenvalue weighted by Crippen LogP contribution is -2.03. The molecule has 10 nitrogen and oxygen atoms in total. The van der Waals surface area contributed by atoms with Crippen LogP contribution in [0, 0.1) is 11.8 Å². The van der Waals surface area contributed by atoms with E-state index in [-0.39, 0.29) is 16.7 Å². The Morgan fingerprint density at radius 3 is 1.53 bits per heavy atom. The van der Waals surface area contributed by atoms with Gasteiger partial charge in [0.15, 0.2) is 0 Å². The van der Waals surface area contributed by atoms with Crippen molar-refractivity contribution in [3.8, 4) is 34.1 Å². The molecule has 0 atom stereocenters. The van der Waals surface area contributed by atoms with E-state index in [1.807, 2.05) is 0 Å². The molecule has 0 saturated carbocycles. The van der Waals surface area contributed by atoms with Crippen molar-refractivity contribution in [1.29, 1.82) is 0 Å². The van der Waals surface area contributed by atoms with E-state index in [0.29, 0.717) is 27.8 Å². The van der Waals surface area contributed by atoms with Gasteiger partial charge in [-0.25, -0.2) is 36.8 Å². The molecule has 0 aliphatic carbocycles. The quantitative estimate of drug-likeness (QED) is 0.423. The normalized spacial score (nSPS) is 11.4. The highest BCUT2D eigenvalue weighted by molar-refractivity contribution is 7.90. The van der Waals surface area contributed by atoms with Gasteiger partial charge in [-0.2, -0.15) is 0 Å². The van der Waals surface area contributed by atoms with E-state index in [9.17, 15) is 21.6 Å². The summed E-state index contributed by atoms with van der Waals surface area (Å²) in [6.45, 7) is 0. The van der Waals surface area contributed by atoms with E-state index >= 15 is 0 Å². The molecular formula is C20H16N4O6S2. The first-order valence-electron chi connectivity index (χ1n) is 8.84. The Bertz CT molecular complexity index is 1360. The third-order valence-electron chi connectivity index (χ3n) is 3.99. The van der Waals surface area contributed by atoms with E-state index in [1.165, 1.54) is 24.8 Å². The summed E-state index contributed by atoms with van der Waals surface area (Å²) in [5.41, 5.74) is 2.62. The van der Waals surface area contributed by atoms with Gasteiger partial charge >= 0.3 is 5.97 Å². The summed E-state index contributed by atoms with van der Waals surface area (Å²) in [7, 11) is -7.13. The standard InChI is InChI=1S/C20H16N4O6S2/c1-31(27,28)19-21-9-16(10-22-19)14-6-13(4-3-5-18(25)26)7-15(8-14)17-11-23-20(24-12-17)32(2,29)30/h6-12H,5H2,1-2H3,(H,25,26). The zero-order valence-electron chi connectivity index (χ0n) is 16.8. The number of benzene rings is 1. The van der Waals surface area contributed by atoms with Gasteiger partial charge in [0.05, 0.1) is 0 Å². The minimum absolute atomic E-state index is 0.316. The summed E-state index contributed by atoms with van der Waals surface area (Å²) >= 11 is 0. The predicted octanol–water partition coefficient (Wildman–Crippen LogP) is 1.23. The van der Waals surface area contributed by atoms with Crippen LogP contribution in [0.1, 0.15) is 12.0 Å². The molecular weight excluding hydrogens is 456 g/mol. The molecule has 32 heavy (non-hydrogen) atoms. The molecule has 2 heterocycles. The zero-order valence-corrected chi connectivity index (χ0v) is 18.5. The number of carboxylic acid groups (broad SMARTS) is 1. The van der Waals surface area contributed by atoms with Crippen LogP contribution in [-0.4, -0.2) is 60.4 Å². The molecule has 0 aliphatic rings. The molecule has 0 unspecified atom stereocenters. The fourth-order valence-electron chi connectivity index (χ4n) is 2.57. The molecule has 0 radical (unpaired) electrons. The fraction of sp³-hybridized carbons (Fsp3) is 0.150. The van der Waals surface area contributed by atoms with Crippen LogP contribution in [0.4, 0.5) is 0 Å². The first-order valence-corrected chi connectivity index (χ1v) is 12.6. The molecule has 3 rings (SSSR count). The number of nitrogens with zero attached hydrogens (tertiary/aromatic N) is 4. The average molecular weight is 473 g/mol. The highest BCUT2D eigenvalue weighted by atomic mass is 32.2. The Hall–Kier alpha value is -3.69. The van der Waals surface area contributed by atoms with Crippen molar-refractivity contribution in [3.05, 3.63) is 48.5 Å². The van der Waals surface area contributed by atoms with Crippen LogP contribution >= 0.6 is 0 Å². The van der Waals surface area contributed by atoms with Crippen LogP contribution in [0.15, 0.2) is 53.3 Å². The Labute approximate surface area is 184 Å². The van der Waals surface area contributed by atoms with Crippen LogP contribution in [-0.2, 0) is 24.5 Å². The molecule has 0 bridgehead atoms. The monoisotopic (exact) mass is 472 g/mol. The van der Waals surface area contributed by atoms with Crippen LogP contribution in [0.25, 0.3) is 22.3 Å². The van der Waals surface area contributed by atoms with Crippen LogP contribution in [0.3, 0.4) is 0 Å². The molecule has 0 aliphatic heterocycles. The molecule has 0 saturated heterocycles. The summed E-state index contributed by atoms with van der Waals surface area (Å²) < 4.78 is 46.4. The summed E-state index contributed by atoms with van der Waals surface area (Å²) in [5, 5.41) is 8.17. The molecule has 1 aromatic carbocycles. The maximum Gasteiger partial charge on any atom is 0.315 e. The third-order valence-corrected chi connectivity index (χ3v) is 5.74. The van der Waals surface area contributed by atoms with Gasteiger partial charge in [-0.15, -0.1) is 0 Å². The minimum Gasteiger partial charge on any atom is -0.481 e. The minimum atomic E-state index is -3.56. The Morgan fingerprint density at radius 2 is 1.19 bits per heavy atom. The summed E-state index contributed by atoms with van der Waals surface area (Å²) in [5.74, 6) is 4.24. The topological polar surface area (TPSA) is 157 Å². The predicted molar refractivity (Wildman–Crippen MR) is 114 cm³/mol. The molecule has 3 aromatic rings. The molecule has 12 heteroatoms. The smallest absolute Gasteiger partial charge is 0.315 e. The van der Waals surface area contributed by atoms with Gasteiger partial charge in [0.1, 0.15) is 6.42 Å². The van der Waals surface area contributed by atoms with Gasteiger partial charge < -0.3 is 5.11 Å². The van der Waals surface area contributed by atoms with Crippen molar-refractivity contribution in [2.75, 3.05) is 12.5 Å². The average Bonchev–Trinajstić information content (AvgIpc) is 2.72. The summed E-state index contributed by atoms with van der Waals surface area (Å²) in [4.78, 5) is 26.3. The summed E-state index contributed by atoms with van der Waals surface area (Å²) in [6.07, 6.45) is 7.04. The number of hydrogen-bond acceptors (Lipinski definition) is 9. The number of sulfone groups is 2. The van der Waals surface area contributed by atoms with E-state index in [1.54, 1.807) is 18.2 Å². The first kappa shape index (κ1) is 23.0. The number of aliphatic carboxylic acids is 1. The first-order chi connectivity index (χ1) is 14.9. The van der Waals surface area contributed by atoms with Gasteiger partial charge in [0.2, 0.25) is 30.0 Å². The number of carbonyl (C=O) groups is 1. The van der Waals surface area contributed by atoms with E-state index in [2.05, 4.69) is 31.8 Å². The second-order valence-electron chi connectivity index (χ2n) is 6.72. The van der Waals surface area contributed by atoms with Crippen molar-refractivity contribution in [3.63, 3.8) is 0 Å². The maximum absolute atomic E-state index is 11.6. The fourth-order valence-corrected chi connectivity index (χ4v) is 3.55. The number of hydrogen-bond donors (Lipinski definition) is 1. The second kappa shape index (κ2) is 8.81. The molecule has 0 spiro atoms. The van der Waals surface area contributed by atoms with Gasteiger partial charge in [-0.1, -0.05) is 11.8 Å². The Balaban J connectivity index is 2.11. The van der Waals surface area contributed by atoms with Crippen molar-refractivity contribution in [2.24, 2.45) is 0 Å². The lowest BCUT2D eigenvalue weighted by molar-refractivity contribution is -0.135. The summed E-state index contributed by atoms with van der Waals surface area (Å²) in [6, 6.07) is 5.06. The van der Waals surface area contributed by atoms with Crippen LogP contribution in [0.2, 0.25) is 0 Å². The largest absolute Gasteiger partial charge is 0.481 e. The lowest BCUT2D eigenvalue weighted by atomic mass is 9.99. The number of rotatable bonds is 5. The van der Waals surface area contributed by atoms with E-state index in [0.717, 1.165) is 12.5 Å². The van der Waals surface area contributed by atoms with Crippen molar-refractivity contribution >= 4 is 25.6 Å². The zero-order chi connectivity index (χ0) is 23.5. The van der Waals surface area contributed by atoms with Gasteiger partial charge in [0, 0.05) is 54.0 Å². The molecule has 1 N–H and O–H groups in total. The van der Waals surface area contributed by atoms with Crippen molar-refractivity contribution in [2.45, 2.75) is 16.7 Å². The molecule has 0 amide bonds. The molecule has 0 fully saturated rings. The maximum atomic E-state index is 11.6. The third kappa shape index (κ3) is 5.71. The highest BCUT2D eigenvalue weighted by Gasteiger charge is 2.13. The SMILES string of the molecule is CS(=O)(=O)c1ncc(-c2cc(C#CCC(=O)O)cc(-c3cnc(S(C)(=O)=O)nc3)c2)cn1. The molecule has 2 aromatic heterocycles. The van der Waals surface area contributed by atoms with Crippen LogP contribution in [0.5, 0.6) is 0 Å². The van der Waals surface area contributed by atoms with E-state index in [4.69, 9.17) is 5.11 Å². The van der Waals surface area contributed by atoms with Crippen molar-refractivity contribution < 1.29 is 26.7 Å². The second-order valence-corrected chi connectivity index (χ2v) is 10.5. The highest BCUT2D eigenvalue weighted by Crippen LogP contribution is 2.27. The number of aromatic nitrogens is 4.